The number of aromatic nitrogens is 4. The molecule has 2 aromatic heterocycles. The number of aliphatic hydroxyl groups is 2. The van der Waals surface area contributed by atoms with E-state index in [0.717, 1.165) is 17.2 Å². The molecule has 2 unspecified atom stereocenters. The number of thiol groups is 1. The Balaban J connectivity index is 1.65. The summed E-state index contributed by atoms with van der Waals surface area (Å²) in [5, 5.41) is 26.1. The molecule has 1 saturated heterocycles. The number of carbonyl (C=O) groups excluding carboxylic acids is 2. The first-order chi connectivity index (χ1) is 22.5. The lowest BCUT2D eigenvalue weighted by Gasteiger charge is -2.30. The van der Waals surface area contributed by atoms with E-state index in [2.05, 4.69) is 51.6 Å². The van der Waals surface area contributed by atoms with E-state index in [1.165, 1.54) is 13.8 Å². The van der Waals surface area contributed by atoms with E-state index >= 15 is 0 Å². The normalized spacial score (nSPS) is 25.2. The third-order valence-electron chi connectivity index (χ3n) is 6.35. The molecule has 48 heavy (non-hydrogen) atoms. The molecule has 7 atom stereocenters. The van der Waals surface area contributed by atoms with Crippen LogP contribution in [0.3, 0.4) is 0 Å². The van der Waals surface area contributed by atoms with Crippen molar-refractivity contribution in [1.82, 2.24) is 30.2 Å². The Hall–Kier alpha value is -2.11. The smallest absolute Gasteiger partial charge is 0.386 e. The molecule has 3 heterocycles. The van der Waals surface area contributed by atoms with Gasteiger partial charge in [0.2, 0.25) is 11.8 Å². The number of nitrogen functional groups attached to an aromatic ring is 1. The molecule has 2 amide bonds. The Kier molecular flexibility index (Phi) is 13.1. The molecule has 1 aliphatic heterocycles. The van der Waals surface area contributed by atoms with Crippen LogP contribution in [0.15, 0.2) is 12.7 Å². The summed E-state index contributed by atoms with van der Waals surface area (Å²) in [5.74, 6) is -1.04. The van der Waals surface area contributed by atoms with Crippen molar-refractivity contribution in [3.8, 4) is 0 Å². The second-order valence-corrected chi connectivity index (χ2v) is 15.3. The van der Waals surface area contributed by atoms with Crippen LogP contribution in [0.1, 0.15) is 27.9 Å². The Morgan fingerprint density at radius 1 is 1.15 bits per heavy atom. The van der Waals surface area contributed by atoms with Crippen molar-refractivity contribution in [2.75, 3.05) is 37.8 Å². The molecule has 0 radical (unpaired) electrons. The summed E-state index contributed by atoms with van der Waals surface area (Å²) in [6.07, 6.45) is -8.93. The fourth-order valence-electron chi connectivity index (χ4n) is 3.98. The van der Waals surface area contributed by atoms with Crippen molar-refractivity contribution in [1.29, 1.82) is 0 Å². The zero-order valence-corrected chi connectivity index (χ0v) is 28.7. The average Bonchev–Trinajstić information content (AvgIpc) is 3.52. The summed E-state index contributed by atoms with van der Waals surface area (Å²) >= 11 is 3.94. The first-order valence-corrected chi connectivity index (χ1v) is 18.7. The maximum atomic E-state index is 12.6. The highest BCUT2D eigenvalue weighted by molar-refractivity contribution is 7.80. The van der Waals surface area contributed by atoms with Gasteiger partial charge in [0.15, 0.2) is 17.7 Å². The van der Waals surface area contributed by atoms with E-state index in [0.29, 0.717) is 12.3 Å². The molecular formula is C21H36N7O16P3S. The first kappa shape index (κ1) is 38.7. The van der Waals surface area contributed by atoms with Gasteiger partial charge in [-0.25, -0.2) is 28.6 Å². The summed E-state index contributed by atoms with van der Waals surface area (Å²) in [6.45, 7) is 0.238. The van der Waals surface area contributed by atoms with Crippen molar-refractivity contribution in [2.45, 2.75) is 50.9 Å². The molecule has 10 N–H and O–H groups in total. The van der Waals surface area contributed by atoms with Crippen molar-refractivity contribution in [3.05, 3.63) is 12.7 Å². The highest BCUT2D eigenvalue weighted by Crippen LogP contribution is 2.61. The summed E-state index contributed by atoms with van der Waals surface area (Å²) < 4.78 is 69.9. The standard InChI is InChI=1S/C21H36N7O16P3S/c1-21(2,16(31)19(32)24-4-3-12(29)23-5-6-48)8-41-47(38,39)44-46(36,37)40-7-11-15(43-45(33,34)35)14(30)20(42-11)28-10-27-13-17(22)25-9-26-18(13)28/h9-11,14-16,20,30-31,48H,3-8H2,1-2H3,(H,23,29)(H,24,32)(H,36,37)(H,38,39)(H2,22,25,26)(H2,33,34,35)/t11-,14-,15-,16+,20-/m1/s1/i11D. The van der Waals surface area contributed by atoms with Gasteiger partial charge in [0.25, 0.3) is 0 Å². The molecule has 3 rings (SSSR count). The molecule has 27 heteroatoms. The number of rotatable bonds is 18. The number of fused-ring (bicyclic) bond motifs is 1. The molecule has 272 valence electrons. The van der Waals surface area contributed by atoms with Gasteiger partial charge in [-0.3, -0.25) is 27.7 Å². The minimum absolute atomic E-state index is 0.0253. The summed E-state index contributed by atoms with van der Waals surface area (Å²) in [5.41, 5.74) is 4.10. The van der Waals surface area contributed by atoms with E-state index in [-0.39, 0.29) is 35.9 Å². The number of imidazole rings is 1. The van der Waals surface area contributed by atoms with Crippen LogP contribution >= 0.6 is 36.1 Å². The Morgan fingerprint density at radius 3 is 2.46 bits per heavy atom. The second-order valence-electron chi connectivity index (χ2n) is 10.6. The SMILES string of the molecule is [2H][C@]1(COP(=O)(O)OP(=O)(O)OCC(C)(C)[C@@H](O)C(=O)NCCC(=O)NCCS)O[C@@H](n2cnc3c(N)ncnc32)[C@H](O)[C@@H]1OP(=O)(O)O. The van der Waals surface area contributed by atoms with Crippen molar-refractivity contribution in [3.63, 3.8) is 0 Å². The topological polar surface area (TPSA) is 347 Å². The summed E-state index contributed by atoms with van der Waals surface area (Å²) in [7, 11) is -16.7. The zero-order chi connectivity index (χ0) is 37.0. The number of ether oxygens (including phenoxy) is 1. The molecule has 2 aromatic rings. The van der Waals surface area contributed by atoms with E-state index in [1.807, 2.05) is 0 Å². The fourth-order valence-corrected chi connectivity index (χ4v) is 6.84. The fraction of sp³-hybridized carbons (Fsp3) is 0.667. The number of nitrogens with zero attached hydrogens (tertiary/aromatic N) is 4. The third kappa shape index (κ3) is 11.2. The highest BCUT2D eigenvalue weighted by atomic mass is 32.1. The number of nitrogens with two attached hydrogens (primary N) is 1. The van der Waals surface area contributed by atoms with E-state index < -0.39 is 78.6 Å². The monoisotopic (exact) mass is 768 g/mol. The highest BCUT2D eigenvalue weighted by Gasteiger charge is 2.50. The van der Waals surface area contributed by atoms with E-state index in [9.17, 15) is 53.1 Å². The number of aliphatic hydroxyl groups excluding tert-OH is 2. The van der Waals surface area contributed by atoms with Crippen molar-refractivity contribution in [2.24, 2.45) is 5.41 Å². The number of anilines is 1. The van der Waals surface area contributed by atoms with Crippen LogP contribution in [-0.4, -0.2) is 118 Å². The molecule has 0 aliphatic carbocycles. The molecule has 23 nitrogen and oxygen atoms in total. The van der Waals surface area contributed by atoms with Gasteiger partial charge in [-0.1, -0.05) is 13.8 Å². The lowest BCUT2D eigenvalue weighted by atomic mass is 9.87. The quantitative estimate of drug-likeness (QED) is 0.0599. The molecular weight excluding hydrogens is 731 g/mol. The minimum Gasteiger partial charge on any atom is -0.386 e. The average molecular weight is 769 g/mol. The number of nitrogens with one attached hydrogen (secondary N) is 2. The van der Waals surface area contributed by atoms with Crippen LogP contribution in [0.5, 0.6) is 0 Å². The van der Waals surface area contributed by atoms with Crippen LogP contribution in [0, 0.1) is 5.41 Å². The molecule has 0 bridgehead atoms. The Morgan fingerprint density at radius 2 is 1.81 bits per heavy atom. The number of amides is 2. The molecule has 1 aliphatic rings. The van der Waals surface area contributed by atoms with E-state index in [1.54, 1.807) is 0 Å². The lowest BCUT2D eigenvalue weighted by Crippen LogP contribution is -2.46. The largest absolute Gasteiger partial charge is 0.481 e. The molecule has 0 aromatic carbocycles. The lowest BCUT2D eigenvalue weighted by molar-refractivity contribution is -0.137. The predicted molar refractivity (Wildman–Crippen MR) is 163 cm³/mol. The van der Waals surface area contributed by atoms with Gasteiger partial charge in [-0.05, 0) is 0 Å². The summed E-state index contributed by atoms with van der Waals surface area (Å²) in [4.78, 5) is 74.6. The first-order valence-electron chi connectivity index (χ1n) is 14.0. The predicted octanol–water partition coefficient (Wildman–Crippen LogP) is -1.67. The molecule has 0 saturated carbocycles. The van der Waals surface area contributed by atoms with Gasteiger partial charge in [0.05, 0.1) is 20.9 Å². The van der Waals surface area contributed by atoms with Crippen LogP contribution in [0.25, 0.3) is 11.2 Å². The van der Waals surface area contributed by atoms with Gasteiger partial charge < -0.3 is 50.9 Å². The van der Waals surface area contributed by atoms with Gasteiger partial charge in [-0.15, -0.1) is 0 Å². The van der Waals surface area contributed by atoms with Gasteiger partial charge in [0.1, 0.15) is 36.2 Å². The Bertz CT molecular complexity index is 1650. The Labute approximate surface area is 278 Å². The number of phosphoric ester groups is 3. The molecule has 0 spiro atoms. The van der Waals surface area contributed by atoms with Gasteiger partial charge >= 0.3 is 23.5 Å². The van der Waals surface area contributed by atoms with Crippen molar-refractivity contribution < 1.29 is 77.1 Å². The van der Waals surface area contributed by atoms with Crippen molar-refractivity contribution >= 4 is 64.9 Å². The zero-order valence-electron chi connectivity index (χ0n) is 26.1. The maximum absolute atomic E-state index is 12.6. The number of phosphoric acid groups is 3. The number of hydrogen-bond donors (Lipinski definition) is 10. The number of carbonyl (C=O) groups is 2. The second kappa shape index (κ2) is 16.3. The minimum atomic E-state index is -5.70. The molecule has 1 fully saturated rings. The van der Waals surface area contributed by atoms with Crippen LogP contribution in [0.4, 0.5) is 5.82 Å². The third-order valence-corrected chi connectivity index (χ3v) is 9.64. The van der Waals surface area contributed by atoms with Crippen LogP contribution < -0.4 is 16.4 Å². The summed E-state index contributed by atoms with van der Waals surface area (Å²) in [6, 6.07) is 0. The van der Waals surface area contributed by atoms with Crippen LogP contribution in [0.2, 0.25) is 0 Å². The number of hydrogen-bond acceptors (Lipinski definition) is 17. The van der Waals surface area contributed by atoms with Gasteiger partial charge in [0, 0.05) is 30.7 Å². The van der Waals surface area contributed by atoms with Crippen LogP contribution in [-0.2, 0) is 45.9 Å². The van der Waals surface area contributed by atoms with Gasteiger partial charge in [-0.2, -0.15) is 16.9 Å². The maximum Gasteiger partial charge on any atom is 0.481 e. The van der Waals surface area contributed by atoms with E-state index in [4.69, 9.17) is 16.4 Å².